The van der Waals surface area contributed by atoms with Gasteiger partial charge in [-0.3, -0.25) is 0 Å². The van der Waals surface area contributed by atoms with Gasteiger partial charge in [0.1, 0.15) is 18.5 Å². The second-order valence-corrected chi connectivity index (χ2v) is 10.9. The first-order valence-corrected chi connectivity index (χ1v) is 13.6. The van der Waals surface area contributed by atoms with E-state index < -0.39 is 30.1 Å². The average Bonchev–Trinajstić information content (AvgIpc) is 3.45. The lowest BCUT2D eigenvalue weighted by atomic mass is 9.88. The Balaban J connectivity index is 1.44. The van der Waals surface area contributed by atoms with Gasteiger partial charge in [0.25, 0.3) is 0 Å². The molecule has 0 spiro atoms. The van der Waals surface area contributed by atoms with E-state index in [0.29, 0.717) is 17.7 Å². The van der Waals surface area contributed by atoms with Gasteiger partial charge in [0.05, 0.1) is 29.3 Å². The molecule has 6 atom stereocenters. The van der Waals surface area contributed by atoms with E-state index in [9.17, 15) is 33.3 Å². The standard InChI is InChI=1S/C27H35F3O7S/c28-27(29,30)17-4-1-5-19(14-17)37-16-18(32)8-10-22-21(23(33)15-24(22)34)7-2-6-20-9-11-25(38-20)26(35)36-13-3-12-31/h1,4-5,8,10-11,14,18,20-24,31-34H,2-3,6-7,9,12-13,15-16H2/b10-8+/t18-,20?,21-,22-,23+,24-/m1/s1. The quantitative estimate of drug-likeness (QED) is 0.163. The summed E-state index contributed by atoms with van der Waals surface area (Å²) in [5.74, 6) is -0.969. The summed E-state index contributed by atoms with van der Waals surface area (Å²) >= 11 is 1.47. The van der Waals surface area contributed by atoms with Gasteiger partial charge in [0, 0.05) is 30.6 Å². The molecule has 1 aliphatic carbocycles. The summed E-state index contributed by atoms with van der Waals surface area (Å²) in [6.45, 7) is -0.113. The molecule has 0 amide bonds. The summed E-state index contributed by atoms with van der Waals surface area (Å²) in [6, 6.07) is 4.41. The Morgan fingerprint density at radius 1 is 1.18 bits per heavy atom. The number of esters is 1. The van der Waals surface area contributed by atoms with Crippen LogP contribution >= 0.6 is 11.8 Å². The Kier molecular flexibility index (Phi) is 11.5. The number of hydrogen-bond acceptors (Lipinski definition) is 8. The van der Waals surface area contributed by atoms with Crippen molar-refractivity contribution >= 4 is 17.7 Å². The lowest BCUT2D eigenvalue weighted by Gasteiger charge is -2.22. The molecule has 4 N–H and O–H groups in total. The first-order valence-electron chi connectivity index (χ1n) is 12.8. The van der Waals surface area contributed by atoms with Gasteiger partial charge in [-0.1, -0.05) is 30.7 Å². The first-order chi connectivity index (χ1) is 18.1. The van der Waals surface area contributed by atoms with Gasteiger partial charge in [-0.15, -0.1) is 11.8 Å². The third-order valence-electron chi connectivity index (χ3n) is 6.71. The number of carbonyl (C=O) groups is 1. The van der Waals surface area contributed by atoms with Crippen LogP contribution in [-0.4, -0.2) is 69.8 Å². The molecule has 0 aromatic heterocycles. The van der Waals surface area contributed by atoms with Gasteiger partial charge in [0.2, 0.25) is 0 Å². The minimum absolute atomic E-state index is 0.0117. The number of ether oxygens (including phenoxy) is 2. The molecule has 1 aliphatic heterocycles. The van der Waals surface area contributed by atoms with E-state index in [2.05, 4.69) is 0 Å². The van der Waals surface area contributed by atoms with Gasteiger partial charge in [-0.25, -0.2) is 4.79 Å². The van der Waals surface area contributed by atoms with Crippen LogP contribution < -0.4 is 4.74 Å². The van der Waals surface area contributed by atoms with E-state index in [0.717, 1.165) is 31.4 Å². The fraction of sp³-hybridized carbons (Fsp3) is 0.593. The van der Waals surface area contributed by atoms with Crippen LogP contribution in [0.15, 0.2) is 47.4 Å². The number of benzene rings is 1. The molecule has 1 saturated carbocycles. The number of aliphatic hydroxyl groups is 4. The smallest absolute Gasteiger partial charge is 0.416 e. The van der Waals surface area contributed by atoms with Crippen LogP contribution in [0.2, 0.25) is 0 Å². The van der Waals surface area contributed by atoms with Crippen molar-refractivity contribution in [3.05, 3.63) is 53.0 Å². The number of rotatable bonds is 13. The summed E-state index contributed by atoms with van der Waals surface area (Å²) in [5, 5.41) is 40.2. The molecule has 1 fully saturated rings. The second-order valence-electron chi connectivity index (χ2n) is 9.59. The fourth-order valence-corrected chi connectivity index (χ4v) is 5.92. The number of halogens is 3. The summed E-state index contributed by atoms with van der Waals surface area (Å²) in [7, 11) is 0. The minimum atomic E-state index is -4.49. The van der Waals surface area contributed by atoms with E-state index in [-0.39, 0.29) is 55.0 Å². The highest BCUT2D eigenvalue weighted by Crippen LogP contribution is 2.40. The Morgan fingerprint density at radius 2 is 1.97 bits per heavy atom. The zero-order valence-electron chi connectivity index (χ0n) is 20.9. The zero-order chi connectivity index (χ0) is 27.7. The first kappa shape index (κ1) is 30.5. The Labute approximate surface area is 224 Å². The Morgan fingerprint density at radius 3 is 2.71 bits per heavy atom. The number of aliphatic hydroxyl groups excluding tert-OH is 4. The van der Waals surface area contributed by atoms with Crippen molar-refractivity contribution in [1.29, 1.82) is 0 Å². The highest BCUT2D eigenvalue weighted by atomic mass is 32.2. The molecule has 1 unspecified atom stereocenters. The van der Waals surface area contributed by atoms with Gasteiger partial charge in [-0.05, 0) is 43.4 Å². The monoisotopic (exact) mass is 560 g/mol. The van der Waals surface area contributed by atoms with Crippen LogP contribution in [0.4, 0.5) is 13.2 Å². The van der Waals surface area contributed by atoms with E-state index in [1.165, 1.54) is 30.0 Å². The molecule has 11 heteroatoms. The Bertz CT molecular complexity index is 968. The molecule has 1 aromatic rings. The maximum absolute atomic E-state index is 12.9. The molecule has 1 aromatic carbocycles. The average molecular weight is 561 g/mol. The summed E-state index contributed by atoms with van der Waals surface area (Å²) in [4.78, 5) is 12.6. The molecule has 38 heavy (non-hydrogen) atoms. The predicted octanol–water partition coefficient (Wildman–Crippen LogP) is 3.84. The number of thioether (sulfide) groups is 1. The summed E-state index contributed by atoms with van der Waals surface area (Å²) in [5.41, 5.74) is -0.841. The Hall–Kier alpha value is -2.05. The van der Waals surface area contributed by atoms with E-state index >= 15 is 0 Å². The van der Waals surface area contributed by atoms with Crippen molar-refractivity contribution < 1.29 is 47.9 Å². The number of allylic oxidation sites excluding steroid dienone is 1. The van der Waals surface area contributed by atoms with Crippen molar-refractivity contribution in [3.8, 4) is 5.75 Å². The molecule has 0 bridgehead atoms. The lowest BCUT2D eigenvalue weighted by molar-refractivity contribution is -0.139. The number of hydrogen-bond donors (Lipinski definition) is 4. The van der Waals surface area contributed by atoms with E-state index in [1.807, 2.05) is 6.08 Å². The molecule has 212 valence electrons. The zero-order valence-corrected chi connectivity index (χ0v) is 21.7. The van der Waals surface area contributed by atoms with Gasteiger partial charge >= 0.3 is 12.1 Å². The maximum Gasteiger partial charge on any atom is 0.416 e. The predicted molar refractivity (Wildman–Crippen MR) is 136 cm³/mol. The number of carbonyl (C=O) groups excluding carboxylic acids is 1. The molecule has 0 radical (unpaired) electrons. The van der Waals surface area contributed by atoms with E-state index in [4.69, 9.17) is 14.6 Å². The van der Waals surface area contributed by atoms with E-state index in [1.54, 1.807) is 6.08 Å². The van der Waals surface area contributed by atoms with Crippen molar-refractivity contribution in [2.24, 2.45) is 11.8 Å². The molecule has 3 rings (SSSR count). The fourth-order valence-electron chi connectivity index (χ4n) is 4.74. The third kappa shape index (κ3) is 9.01. The largest absolute Gasteiger partial charge is 0.491 e. The minimum Gasteiger partial charge on any atom is -0.491 e. The van der Waals surface area contributed by atoms with Gasteiger partial charge in [-0.2, -0.15) is 13.2 Å². The molecule has 2 aliphatic rings. The normalized spacial score (nSPS) is 26.5. The maximum atomic E-state index is 12.9. The second kappa shape index (κ2) is 14.4. The highest BCUT2D eigenvalue weighted by Gasteiger charge is 2.40. The highest BCUT2D eigenvalue weighted by molar-refractivity contribution is 8.04. The molecule has 7 nitrogen and oxygen atoms in total. The third-order valence-corrected chi connectivity index (χ3v) is 8.06. The van der Waals surface area contributed by atoms with Gasteiger partial charge in [0.15, 0.2) is 0 Å². The topological polar surface area (TPSA) is 116 Å². The van der Waals surface area contributed by atoms with Crippen LogP contribution in [0.5, 0.6) is 5.75 Å². The van der Waals surface area contributed by atoms with Crippen LogP contribution in [0.3, 0.4) is 0 Å². The molecule has 1 heterocycles. The lowest BCUT2D eigenvalue weighted by Crippen LogP contribution is -2.22. The molecule has 0 saturated heterocycles. The van der Waals surface area contributed by atoms with Gasteiger partial charge < -0.3 is 29.9 Å². The van der Waals surface area contributed by atoms with Crippen LogP contribution in [0.1, 0.15) is 44.1 Å². The van der Waals surface area contributed by atoms with Crippen molar-refractivity contribution in [3.63, 3.8) is 0 Å². The summed E-state index contributed by atoms with van der Waals surface area (Å²) < 4.78 is 49.0. The van der Waals surface area contributed by atoms with Crippen LogP contribution in [0.25, 0.3) is 0 Å². The van der Waals surface area contributed by atoms with Crippen molar-refractivity contribution in [2.45, 2.75) is 68.3 Å². The van der Waals surface area contributed by atoms with Crippen LogP contribution in [-0.2, 0) is 15.7 Å². The SMILES string of the molecule is O=C(OCCCO)C1=CCC(CCC[C@@H]2[C@@H](/C=C/[C@@H](O)COc3cccc(C(F)(F)F)c3)[C@H](O)C[C@@H]2O)S1. The van der Waals surface area contributed by atoms with Crippen molar-refractivity contribution in [2.75, 3.05) is 19.8 Å². The summed E-state index contributed by atoms with van der Waals surface area (Å²) in [6.07, 6.45) is 1.50. The van der Waals surface area contributed by atoms with Crippen molar-refractivity contribution in [1.82, 2.24) is 0 Å². The van der Waals surface area contributed by atoms with Crippen LogP contribution in [0, 0.1) is 11.8 Å². The molecular weight excluding hydrogens is 525 g/mol. The number of alkyl halides is 3. The molecular formula is C27H35F3O7S.